The van der Waals surface area contributed by atoms with E-state index in [0.717, 1.165) is 64.5 Å². The van der Waals surface area contributed by atoms with Crippen LogP contribution in [0.1, 0.15) is 51.8 Å². The number of piperidine rings is 1. The highest BCUT2D eigenvalue weighted by molar-refractivity contribution is 7.15. The molecular weight excluding hydrogens is 461 g/mol. The van der Waals surface area contributed by atoms with E-state index in [2.05, 4.69) is 4.98 Å². The van der Waals surface area contributed by atoms with Crippen LogP contribution in [0, 0.1) is 0 Å². The van der Waals surface area contributed by atoms with E-state index in [9.17, 15) is 18.0 Å². The number of alkyl halides is 3. The Hall–Kier alpha value is -3.20. The van der Waals surface area contributed by atoms with E-state index < -0.39 is 11.1 Å². The van der Waals surface area contributed by atoms with Gasteiger partial charge in [0.15, 0.2) is 0 Å². The van der Waals surface area contributed by atoms with Gasteiger partial charge in [-0.2, -0.15) is 18.3 Å². The Labute approximate surface area is 197 Å². The number of rotatable bonds is 2. The minimum Gasteiger partial charge on any atom is -0.327 e. The Balaban J connectivity index is 1.39. The fraction of sp³-hybridized carbons (Fsp3) is 0.320. The minimum atomic E-state index is -4.36. The van der Waals surface area contributed by atoms with Crippen molar-refractivity contribution in [3.63, 3.8) is 0 Å². The van der Waals surface area contributed by atoms with Gasteiger partial charge in [-0.1, -0.05) is 6.07 Å². The molecule has 0 radical (unpaired) electrons. The molecular formula is C25H21F3N4OS. The van der Waals surface area contributed by atoms with Crippen LogP contribution in [-0.4, -0.2) is 31.6 Å². The van der Waals surface area contributed by atoms with E-state index in [1.54, 1.807) is 17.9 Å². The zero-order chi connectivity index (χ0) is 23.6. The van der Waals surface area contributed by atoms with Crippen molar-refractivity contribution in [2.45, 2.75) is 43.9 Å². The predicted octanol–water partition coefficient (Wildman–Crippen LogP) is 6.01. The molecule has 2 unspecified atom stereocenters. The summed E-state index contributed by atoms with van der Waals surface area (Å²) in [7, 11) is 1.77. The van der Waals surface area contributed by atoms with Crippen LogP contribution in [0.15, 0.2) is 48.7 Å². The van der Waals surface area contributed by atoms with Crippen molar-refractivity contribution < 1.29 is 18.0 Å². The number of nitrogens with zero attached hydrogens (tertiary/aromatic N) is 4. The van der Waals surface area contributed by atoms with Crippen molar-refractivity contribution in [3.8, 4) is 10.6 Å². The van der Waals surface area contributed by atoms with Crippen molar-refractivity contribution in [1.29, 1.82) is 0 Å². The minimum absolute atomic E-state index is 0.00616. The zero-order valence-electron chi connectivity index (χ0n) is 18.3. The number of carbonyl (C=O) groups is 1. The molecule has 2 atom stereocenters. The Morgan fingerprint density at radius 2 is 2.00 bits per heavy atom. The number of thiophene rings is 1. The maximum Gasteiger partial charge on any atom is 0.425 e. The highest BCUT2D eigenvalue weighted by atomic mass is 32.1. The summed E-state index contributed by atoms with van der Waals surface area (Å²) in [5.41, 5.74) is 3.97. The molecule has 0 saturated carbocycles. The molecule has 0 aliphatic carbocycles. The van der Waals surface area contributed by atoms with Crippen molar-refractivity contribution >= 4 is 28.1 Å². The summed E-state index contributed by atoms with van der Waals surface area (Å²) in [5.74, 6) is -0.0335. The number of hydrogen-bond donors (Lipinski definition) is 0. The second-order valence-corrected chi connectivity index (χ2v) is 10.0. The number of aryl methyl sites for hydroxylation is 1. The molecule has 0 N–H and O–H groups in total. The number of benzene rings is 1. The maximum absolute atomic E-state index is 13.7. The van der Waals surface area contributed by atoms with Crippen molar-refractivity contribution in [2.24, 2.45) is 7.05 Å². The van der Waals surface area contributed by atoms with Gasteiger partial charge in [-0.05, 0) is 62.1 Å². The maximum atomic E-state index is 13.7. The molecule has 1 fully saturated rings. The summed E-state index contributed by atoms with van der Waals surface area (Å²) in [5, 5.41) is 5.65. The lowest BCUT2D eigenvalue weighted by Crippen LogP contribution is -2.49. The first-order chi connectivity index (χ1) is 16.3. The van der Waals surface area contributed by atoms with E-state index in [1.807, 2.05) is 35.2 Å². The van der Waals surface area contributed by atoms with Gasteiger partial charge in [-0.25, -0.2) is 0 Å². The van der Waals surface area contributed by atoms with Crippen molar-refractivity contribution in [1.82, 2.24) is 19.7 Å². The molecule has 2 aliphatic rings. The third-order valence-electron chi connectivity index (χ3n) is 6.88. The Morgan fingerprint density at radius 3 is 2.79 bits per heavy atom. The molecule has 1 amide bonds. The number of hydrogen-bond acceptors (Lipinski definition) is 4. The number of fused-ring (bicyclic) bond motifs is 5. The number of halogens is 3. The Bertz CT molecular complexity index is 1420. The molecule has 1 aromatic carbocycles. The van der Waals surface area contributed by atoms with Crippen LogP contribution in [0.25, 0.3) is 21.5 Å². The van der Waals surface area contributed by atoms with Gasteiger partial charge in [-0.3, -0.25) is 14.5 Å². The molecule has 2 bridgehead atoms. The average Bonchev–Trinajstić information content (AvgIpc) is 3.42. The number of pyridine rings is 1. The van der Waals surface area contributed by atoms with Gasteiger partial charge in [-0.15, -0.1) is 11.3 Å². The summed E-state index contributed by atoms with van der Waals surface area (Å²) in [6, 6.07) is 11.8. The second-order valence-electron chi connectivity index (χ2n) is 8.93. The smallest absolute Gasteiger partial charge is 0.327 e. The fourth-order valence-electron chi connectivity index (χ4n) is 5.43. The van der Waals surface area contributed by atoms with Crippen LogP contribution < -0.4 is 0 Å². The van der Waals surface area contributed by atoms with Crippen LogP contribution in [0.5, 0.6) is 0 Å². The third-order valence-corrected chi connectivity index (χ3v) is 8.02. The number of amides is 1. The van der Waals surface area contributed by atoms with Gasteiger partial charge >= 0.3 is 6.18 Å². The van der Waals surface area contributed by atoms with E-state index in [-0.39, 0.29) is 18.0 Å². The van der Waals surface area contributed by atoms with E-state index in [1.165, 1.54) is 6.07 Å². The molecule has 0 spiro atoms. The molecule has 1 saturated heterocycles. The highest BCUT2D eigenvalue weighted by Crippen LogP contribution is 2.47. The summed E-state index contributed by atoms with van der Waals surface area (Å²) in [6.45, 7) is 0. The van der Waals surface area contributed by atoms with Gasteiger partial charge in [0, 0.05) is 35.8 Å². The molecule has 174 valence electrons. The first kappa shape index (κ1) is 21.3. The summed E-state index contributed by atoms with van der Waals surface area (Å²) in [6.07, 6.45) is 0.599. The molecule has 34 heavy (non-hydrogen) atoms. The molecule has 2 aliphatic heterocycles. The monoisotopic (exact) mass is 482 g/mol. The van der Waals surface area contributed by atoms with E-state index in [0.29, 0.717) is 16.9 Å². The average molecular weight is 483 g/mol. The van der Waals surface area contributed by atoms with Crippen LogP contribution >= 0.6 is 11.3 Å². The van der Waals surface area contributed by atoms with Crippen LogP contribution in [0.3, 0.4) is 0 Å². The van der Waals surface area contributed by atoms with Gasteiger partial charge in [0.05, 0.1) is 27.8 Å². The van der Waals surface area contributed by atoms with Gasteiger partial charge in [0.25, 0.3) is 5.91 Å². The standard InChI is InChI=1S/C25H21F3N4OS/c1-31-23(20-9-10-21(34-20)25(26,27)28)17-13-16-5-2-6-19(22(17)30-31)32(16)24(33)15-7-8-18-14(12-15)4-3-11-29-18/h3-4,7-12,16,19H,2,5-6,13H2,1H3. The molecule has 6 rings (SSSR count). The van der Waals surface area contributed by atoms with Crippen LogP contribution in [-0.2, 0) is 19.6 Å². The first-order valence-corrected chi connectivity index (χ1v) is 12.0. The van der Waals surface area contributed by atoms with Crippen LogP contribution in [0.4, 0.5) is 13.2 Å². The summed E-state index contributed by atoms with van der Waals surface area (Å²) >= 11 is 0.745. The molecule has 3 aromatic heterocycles. The normalized spacial score (nSPS) is 19.9. The quantitative estimate of drug-likeness (QED) is 0.352. The third kappa shape index (κ3) is 3.33. The molecule has 5 nitrogen and oxygen atoms in total. The van der Waals surface area contributed by atoms with Crippen molar-refractivity contribution in [2.75, 3.05) is 0 Å². The Morgan fingerprint density at radius 1 is 1.15 bits per heavy atom. The highest BCUT2D eigenvalue weighted by Gasteiger charge is 2.44. The lowest BCUT2D eigenvalue weighted by Gasteiger charge is -2.45. The largest absolute Gasteiger partial charge is 0.425 e. The summed E-state index contributed by atoms with van der Waals surface area (Å²) < 4.78 is 41.3. The van der Waals surface area contributed by atoms with Gasteiger partial charge < -0.3 is 4.90 Å². The van der Waals surface area contributed by atoms with Crippen LogP contribution in [0.2, 0.25) is 0 Å². The predicted molar refractivity (Wildman–Crippen MR) is 124 cm³/mol. The number of aromatic nitrogens is 3. The first-order valence-electron chi connectivity index (χ1n) is 11.2. The lowest BCUT2D eigenvalue weighted by atomic mass is 9.82. The van der Waals surface area contributed by atoms with Crippen molar-refractivity contribution in [3.05, 3.63) is 70.4 Å². The fourth-order valence-corrected chi connectivity index (χ4v) is 6.41. The summed E-state index contributed by atoms with van der Waals surface area (Å²) in [4.78, 5) is 19.9. The van der Waals surface area contributed by atoms with Gasteiger partial charge in [0.1, 0.15) is 4.88 Å². The Kier molecular flexibility index (Phi) is 4.81. The van der Waals surface area contributed by atoms with Gasteiger partial charge in [0.2, 0.25) is 0 Å². The molecule has 5 heterocycles. The molecule has 9 heteroatoms. The second kappa shape index (κ2) is 7.66. The zero-order valence-corrected chi connectivity index (χ0v) is 19.2. The SMILES string of the molecule is Cn1nc2c(c1-c1ccc(C(F)(F)F)s1)CC1CCCC2N1C(=O)c1ccc2ncccc2c1. The number of carbonyl (C=O) groups excluding carboxylic acids is 1. The van der Waals surface area contributed by atoms with E-state index >= 15 is 0 Å². The van der Waals surface area contributed by atoms with E-state index in [4.69, 9.17) is 5.10 Å². The molecule has 4 aromatic rings. The topological polar surface area (TPSA) is 51.0 Å². The lowest BCUT2D eigenvalue weighted by molar-refractivity contribution is -0.134.